The molecule has 1 atom stereocenters. The fourth-order valence-corrected chi connectivity index (χ4v) is 2.56. The largest absolute Gasteiger partial charge is 0.507 e. The number of hydrogen-bond donors (Lipinski definition) is 2. The lowest BCUT2D eigenvalue weighted by Crippen LogP contribution is -2.24. The molecule has 1 aromatic rings. The van der Waals surface area contributed by atoms with Gasteiger partial charge in [-0.3, -0.25) is 4.79 Å². The van der Waals surface area contributed by atoms with Crippen LogP contribution in [0.4, 0.5) is 0 Å². The Kier molecular flexibility index (Phi) is 2.46. The zero-order valence-electron chi connectivity index (χ0n) is 11.4. The standard InChI is InChI=1S/C15H14O5/c1-7-13-9-4-8(19-3)5-10(16)14(9)11(17)6-12(13)20-15(7,2)18/h4-6,16,18H,1-3H3. The number of methoxy groups -OCH3 is 1. The summed E-state index contributed by atoms with van der Waals surface area (Å²) in [6.07, 6.45) is 1.29. The summed E-state index contributed by atoms with van der Waals surface area (Å²) in [7, 11) is 1.48. The first-order valence-electron chi connectivity index (χ1n) is 6.15. The van der Waals surface area contributed by atoms with E-state index < -0.39 is 5.79 Å². The number of ketones is 1. The maximum Gasteiger partial charge on any atom is 0.228 e. The minimum absolute atomic E-state index is 0.147. The number of carbonyl (C=O) groups is 1. The van der Waals surface area contributed by atoms with E-state index in [1.54, 1.807) is 13.0 Å². The summed E-state index contributed by atoms with van der Waals surface area (Å²) >= 11 is 0. The molecule has 0 saturated heterocycles. The molecule has 0 saturated carbocycles. The second-order valence-electron chi connectivity index (χ2n) is 5.03. The molecule has 0 spiro atoms. The van der Waals surface area contributed by atoms with E-state index in [4.69, 9.17) is 9.47 Å². The molecular formula is C15H14O5. The number of ether oxygens (including phenoxy) is 2. The molecule has 1 aliphatic carbocycles. The van der Waals surface area contributed by atoms with Gasteiger partial charge in [-0.2, -0.15) is 0 Å². The Morgan fingerprint density at radius 1 is 1.35 bits per heavy atom. The molecule has 1 aliphatic heterocycles. The van der Waals surface area contributed by atoms with Gasteiger partial charge in [-0.05, 0) is 13.0 Å². The molecule has 0 bridgehead atoms. The highest BCUT2D eigenvalue weighted by atomic mass is 16.6. The summed E-state index contributed by atoms with van der Waals surface area (Å²) in [6, 6.07) is 3.04. The average molecular weight is 274 g/mol. The van der Waals surface area contributed by atoms with Crippen molar-refractivity contribution in [3.63, 3.8) is 0 Å². The summed E-state index contributed by atoms with van der Waals surface area (Å²) in [5, 5.41) is 20.2. The molecule has 0 radical (unpaired) electrons. The summed E-state index contributed by atoms with van der Waals surface area (Å²) < 4.78 is 10.5. The van der Waals surface area contributed by atoms with Gasteiger partial charge in [0, 0.05) is 35.8 Å². The number of fused-ring (bicyclic) bond motifs is 3. The number of benzene rings is 1. The molecule has 1 unspecified atom stereocenters. The van der Waals surface area contributed by atoms with Crippen molar-refractivity contribution in [2.75, 3.05) is 7.11 Å². The van der Waals surface area contributed by atoms with Gasteiger partial charge in [0.1, 0.15) is 17.3 Å². The second-order valence-corrected chi connectivity index (χ2v) is 5.03. The molecular weight excluding hydrogens is 260 g/mol. The Hall–Kier alpha value is -2.27. The van der Waals surface area contributed by atoms with Crippen molar-refractivity contribution in [1.82, 2.24) is 0 Å². The topological polar surface area (TPSA) is 76.0 Å². The summed E-state index contributed by atoms with van der Waals surface area (Å²) in [4.78, 5) is 12.1. The van der Waals surface area contributed by atoms with Gasteiger partial charge in [0.2, 0.25) is 5.79 Å². The maximum absolute atomic E-state index is 12.1. The second kappa shape index (κ2) is 3.86. The van der Waals surface area contributed by atoms with Crippen LogP contribution < -0.4 is 4.74 Å². The van der Waals surface area contributed by atoms with Crippen LogP contribution in [-0.2, 0) is 4.74 Å². The van der Waals surface area contributed by atoms with Gasteiger partial charge in [-0.25, -0.2) is 0 Å². The van der Waals surface area contributed by atoms with Gasteiger partial charge in [0.15, 0.2) is 5.78 Å². The highest BCUT2D eigenvalue weighted by Gasteiger charge is 2.42. The minimum atomic E-state index is -1.46. The quantitative estimate of drug-likeness (QED) is 0.819. The number of carbonyl (C=O) groups excluding carboxylic acids is 1. The first-order chi connectivity index (χ1) is 9.35. The normalized spacial score (nSPS) is 24.0. The van der Waals surface area contributed by atoms with E-state index in [9.17, 15) is 15.0 Å². The first kappa shape index (κ1) is 12.7. The number of phenolic OH excluding ortho intramolecular Hbond substituents is 1. The highest BCUT2D eigenvalue weighted by Crippen LogP contribution is 2.48. The minimum Gasteiger partial charge on any atom is -0.507 e. The van der Waals surface area contributed by atoms with Crippen LogP contribution in [-0.4, -0.2) is 28.9 Å². The third kappa shape index (κ3) is 1.56. The fraction of sp³-hybridized carbons (Fsp3) is 0.267. The summed E-state index contributed by atoms with van der Waals surface area (Å²) in [5.41, 5.74) is 1.92. The van der Waals surface area contributed by atoms with E-state index >= 15 is 0 Å². The van der Waals surface area contributed by atoms with Crippen molar-refractivity contribution >= 4 is 11.4 Å². The SMILES string of the molecule is COc1cc(O)c2c(c1)C1=C(C)C(C)(O)OC1=CC2=O. The zero-order chi connectivity index (χ0) is 14.7. The smallest absolute Gasteiger partial charge is 0.228 e. The van der Waals surface area contributed by atoms with Crippen LogP contribution in [0.2, 0.25) is 0 Å². The molecule has 5 nitrogen and oxygen atoms in total. The molecule has 5 heteroatoms. The van der Waals surface area contributed by atoms with E-state index in [0.717, 1.165) is 0 Å². The van der Waals surface area contributed by atoms with Gasteiger partial charge in [0.05, 0.1) is 12.7 Å². The van der Waals surface area contributed by atoms with E-state index in [0.29, 0.717) is 28.2 Å². The van der Waals surface area contributed by atoms with E-state index in [-0.39, 0.29) is 17.1 Å². The van der Waals surface area contributed by atoms with Crippen molar-refractivity contribution in [2.24, 2.45) is 0 Å². The van der Waals surface area contributed by atoms with Crippen LogP contribution in [0.15, 0.2) is 29.5 Å². The lowest BCUT2D eigenvalue weighted by Gasteiger charge is -2.19. The number of aliphatic hydroxyl groups is 1. The van der Waals surface area contributed by atoms with Crippen LogP contribution >= 0.6 is 0 Å². The highest BCUT2D eigenvalue weighted by molar-refractivity contribution is 6.15. The van der Waals surface area contributed by atoms with E-state index in [1.807, 2.05) is 0 Å². The first-order valence-corrected chi connectivity index (χ1v) is 6.15. The predicted molar refractivity (Wildman–Crippen MR) is 71.4 cm³/mol. The molecule has 0 fully saturated rings. The molecule has 1 heterocycles. The zero-order valence-corrected chi connectivity index (χ0v) is 11.4. The van der Waals surface area contributed by atoms with Gasteiger partial charge >= 0.3 is 0 Å². The number of rotatable bonds is 1. The molecule has 2 aliphatic rings. The van der Waals surface area contributed by atoms with Crippen molar-refractivity contribution in [2.45, 2.75) is 19.6 Å². The molecule has 2 N–H and O–H groups in total. The molecule has 3 rings (SSSR count). The molecule has 0 amide bonds. The molecule has 104 valence electrons. The van der Waals surface area contributed by atoms with Crippen LogP contribution in [0.1, 0.15) is 29.8 Å². The van der Waals surface area contributed by atoms with Crippen LogP contribution in [0.3, 0.4) is 0 Å². The van der Waals surface area contributed by atoms with Crippen LogP contribution in [0.5, 0.6) is 11.5 Å². The average Bonchev–Trinajstić information content (AvgIpc) is 2.58. The number of hydrogen-bond acceptors (Lipinski definition) is 5. The third-order valence-electron chi connectivity index (χ3n) is 3.73. The maximum atomic E-state index is 12.1. The van der Waals surface area contributed by atoms with Gasteiger partial charge in [-0.1, -0.05) is 0 Å². The Bertz CT molecular complexity index is 694. The van der Waals surface area contributed by atoms with Crippen molar-refractivity contribution in [3.8, 4) is 11.5 Å². The fourth-order valence-electron chi connectivity index (χ4n) is 2.56. The van der Waals surface area contributed by atoms with Crippen molar-refractivity contribution < 1.29 is 24.5 Å². The lowest BCUT2D eigenvalue weighted by atomic mass is 9.87. The summed E-state index contributed by atoms with van der Waals surface area (Å²) in [5.74, 6) is -1.21. The molecule has 0 aromatic heterocycles. The lowest BCUT2D eigenvalue weighted by molar-refractivity contribution is -0.116. The Labute approximate surface area is 115 Å². The summed E-state index contributed by atoms with van der Waals surface area (Å²) in [6.45, 7) is 3.24. The Morgan fingerprint density at radius 3 is 2.70 bits per heavy atom. The van der Waals surface area contributed by atoms with E-state index in [2.05, 4.69) is 0 Å². The Balaban J connectivity index is 2.35. The van der Waals surface area contributed by atoms with Gasteiger partial charge in [0.25, 0.3) is 0 Å². The third-order valence-corrected chi connectivity index (χ3v) is 3.73. The number of phenols is 1. The van der Waals surface area contributed by atoms with Gasteiger partial charge < -0.3 is 19.7 Å². The number of allylic oxidation sites excluding steroid dienone is 2. The van der Waals surface area contributed by atoms with Crippen molar-refractivity contribution in [1.29, 1.82) is 0 Å². The monoisotopic (exact) mass is 274 g/mol. The molecule has 1 aromatic carbocycles. The molecule has 20 heavy (non-hydrogen) atoms. The predicted octanol–water partition coefficient (Wildman–Crippen LogP) is 1.99. The van der Waals surface area contributed by atoms with Crippen LogP contribution in [0, 0.1) is 0 Å². The van der Waals surface area contributed by atoms with Crippen LogP contribution in [0.25, 0.3) is 5.57 Å². The number of aromatic hydroxyl groups is 1. The Morgan fingerprint density at radius 2 is 2.05 bits per heavy atom. The van der Waals surface area contributed by atoms with Gasteiger partial charge in [-0.15, -0.1) is 0 Å². The van der Waals surface area contributed by atoms with Crippen molar-refractivity contribution in [3.05, 3.63) is 40.7 Å². The van der Waals surface area contributed by atoms with E-state index in [1.165, 1.54) is 26.2 Å².